The number of thiophene rings is 1. The van der Waals surface area contributed by atoms with E-state index < -0.39 is 31.0 Å². The Bertz CT molecular complexity index is 1440. The van der Waals surface area contributed by atoms with Crippen molar-refractivity contribution in [3.63, 3.8) is 0 Å². The maximum absolute atomic E-state index is 13.6. The van der Waals surface area contributed by atoms with Crippen LogP contribution in [0.1, 0.15) is 34.7 Å². The van der Waals surface area contributed by atoms with Crippen LogP contribution in [0.3, 0.4) is 0 Å². The van der Waals surface area contributed by atoms with Crippen molar-refractivity contribution >= 4 is 42.9 Å². The van der Waals surface area contributed by atoms with Gasteiger partial charge in [-0.25, -0.2) is 21.6 Å². The molecule has 0 saturated heterocycles. The Hall–Kier alpha value is -2.76. The minimum Gasteiger partial charge on any atom is -0.478 e. The minimum absolute atomic E-state index is 0.0117. The third kappa shape index (κ3) is 4.54. The Balaban J connectivity index is 1.86. The Morgan fingerprint density at radius 1 is 1.06 bits per heavy atom. The van der Waals surface area contributed by atoms with E-state index in [9.17, 15) is 31.1 Å². The molecular weight excluding hydrogens is 477 g/mol. The van der Waals surface area contributed by atoms with Crippen molar-refractivity contribution in [1.82, 2.24) is 0 Å². The zero-order chi connectivity index (χ0) is 23.3. The van der Waals surface area contributed by atoms with Crippen molar-refractivity contribution in [2.75, 3.05) is 11.0 Å². The molecule has 1 aliphatic rings. The van der Waals surface area contributed by atoms with Gasteiger partial charge in [-0.1, -0.05) is 12.1 Å². The van der Waals surface area contributed by atoms with Gasteiger partial charge in [0.2, 0.25) is 0 Å². The largest absolute Gasteiger partial charge is 0.478 e. The maximum atomic E-state index is 13.6. The van der Waals surface area contributed by atoms with E-state index in [1.165, 1.54) is 42.5 Å². The van der Waals surface area contributed by atoms with Crippen LogP contribution in [0.4, 0.5) is 10.1 Å². The van der Waals surface area contributed by atoms with Crippen LogP contribution in [0.25, 0.3) is 10.4 Å². The number of anilines is 1. The zero-order valence-electron chi connectivity index (χ0n) is 16.7. The number of carboxylic acid groups (broad SMARTS) is 1. The molecule has 1 saturated carbocycles. The number of rotatable bonds is 7. The van der Waals surface area contributed by atoms with Gasteiger partial charge >= 0.3 is 5.97 Å². The topological polar surface area (TPSA) is 118 Å². The first-order valence-corrected chi connectivity index (χ1v) is 13.6. The van der Waals surface area contributed by atoms with Gasteiger partial charge in [0.15, 0.2) is 15.0 Å². The average molecular weight is 496 g/mol. The summed E-state index contributed by atoms with van der Waals surface area (Å²) in [5, 5.41) is 8.83. The SMILES string of the molecule is CS(=O)(=O)c1ccc(-c2ccc(F)s2)c(NS(=O)(=O)c2cc(C(=O)O)ccc2C2CC2)c1. The average Bonchev–Trinajstić information content (AvgIpc) is 3.47. The maximum Gasteiger partial charge on any atom is 0.335 e. The van der Waals surface area contributed by atoms with Crippen molar-refractivity contribution in [2.45, 2.75) is 28.6 Å². The molecule has 0 aliphatic heterocycles. The summed E-state index contributed by atoms with van der Waals surface area (Å²) in [5.74, 6) is -1.25. The molecule has 0 radical (unpaired) electrons. The highest BCUT2D eigenvalue weighted by atomic mass is 32.2. The fourth-order valence-electron chi connectivity index (χ4n) is 3.34. The monoisotopic (exact) mass is 495 g/mol. The lowest BCUT2D eigenvalue weighted by atomic mass is 10.1. The first-order valence-electron chi connectivity index (χ1n) is 9.45. The van der Waals surface area contributed by atoms with E-state index in [2.05, 4.69) is 4.72 Å². The van der Waals surface area contributed by atoms with Crippen LogP contribution in [0.2, 0.25) is 0 Å². The number of hydrogen-bond acceptors (Lipinski definition) is 6. The number of nitrogens with one attached hydrogen (secondary N) is 1. The fourth-order valence-corrected chi connectivity index (χ4v) is 6.16. The lowest BCUT2D eigenvalue weighted by Crippen LogP contribution is -2.17. The third-order valence-corrected chi connectivity index (χ3v) is 8.51. The summed E-state index contributed by atoms with van der Waals surface area (Å²) >= 11 is 0.786. The van der Waals surface area contributed by atoms with Crippen molar-refractivity contribution in [2.24, 2.45) is 0 Å². The van der Waals surface area contributed by atoms with Gasteiger partial charge in [0, 0.05) is 16.7 Å². The number of carbonyl (C=O) groups is 1. The van der Waals surface area contributed by atoms with Crippen molar-refractivity contribution < 1.29 is 31.1 Å². The molecule has 1 aliphatic carbocycles. The van der Waals surface area contributed by atoms with Crippen LogP contribution in [-0.2, 0) is 19.9 Å². The predicted octanol–water partition coefficient (Wildman–Crippen LogP) is 4.33. The van der Waals surface area contributed by atoms with Crippen LogP contribution in [0, 0.1) is 5.13 Å². The molecule has 1 fully saturated rings. The molecule has 11 heteroatoms. The van der Waals surface area contributed by atoms with Gasteiger partial charge in [0.05, 0.1) is 21.0 Å². The molecular formula is C21H18FNO6S3. The summed E-state index contributed by atoms with van der Waals surface area (Å²) < 4.78 is 66.8. The van der Waals surface area contributed by atoms with Crippen molar-refractivity contribution in [1.29, 1.82) is 0 Å². The van der Waals surface area contributed by atoms with Gasteiger partial charge in [-0.15, -0.1) is 11.3 Å². The lowest BCUT2D eigenvalue weighted by Gasteiger charge is -2.16. The van der Waals surface area contributed by atoms with Crippen LogP contribution in [0.15, 0.2) is 58.3 Å². The molecule has 2 N–H and O–H groups in total. The molecule has 0 unspecified atom stereocenters. The van der Waals surface area contributed by atoms with Crippen LogP contribution in [-0.4, -0.2) is 34.2 Å². The summed E-state index contributed by atoms with van der Waals surface area (Å²) in [7, 11) is -7.94. The van der Waals surface area contributed by atoms with E-state index >= 15 is 0 Å². The van der Waals surface area contributed by atoms with Gasteiger partial charge in [-0.3, -0.25) is 4.72 Å². The Morgan fingerprint density at radius 3 is 2.34 bits per heavy atom. The smallest absolute Gasteiger partial charge is 0.335 e. The summed E-state index contributed by atoms with van der Waals surface area (Å²) in [4.78, 5) is 11.5. The minimum atomic E-state index is -4.29. The predicted molar refractivity (Wildman–Crippen MR) is 119 cm³/mol. The number of sulfonamides is 1. The van der Waals surface area contributed by atoms with Crippen molar-refractivity contribution in [3.05, 3.63) is 64.8 Å². The van der Waals surface area contributed by atoms with Crippen LogP contribution >= 0.6 is 11.3 Å². The van der Waals surface area contributed by atoms with Crippen LogP contribution < -0.4 is 4.72 Å². The van der Waals surface area contributed by atoms with Gasteiger partial charge in [-0.05, 0) is 60.7 Å². The molecule has 0 amide bonds. The number of aromatic carboxylic acids is 1. The number of benzene rings is 2. The first kappa shape index (κ1) is 22.4. The second kappa shape index (κ2) is 7.98. The number of halogens is 1. The molecule has 2 aromatic carbocycles. The van der Waals surface area contributed by atoms with Crippen LogP contribution in [0.5, 0.6) is 0 Å². The van der Waals surface area contributed by atoms with Gasteiger partial charge in [0.25, 0.3) is 10.0 Å². The first-order chi connectivity index (χ1) is 15.0. The summed E-state index contributed by atoms with van der Waals surface area (Å²) in [6.07, 6.45) is 2.57. The molecule has 3 aromatic rings. The third-order valence-electron chi connectivity index (χ3n) is 5.07. The number of sulfone groups is 1. The molecule has 1 heterocycles. The summed E-state index contributed by atoms with van der Waals surface area (Å²) in [6.45, 7) is 0. The molecule has 4 rings (SSSR count). The van der Waals surface area contributed by atoms with Gasteiger partial charge < -0.3 is 5.11 Å². The second-order valence-electron chi connectivity index (χ2n) is 7.52. The fraction of sp³-hybridized carbons (Fsp3) is 0.190. The number of carboxylic acids is 1. The lowest BCUT2D eigenvalue weighted by molar-refractivity contribution is 0.0696. The zero-order valence-corrected chi connectivity index (χ0v) is 19.2. The molecule has 0 spiro atoms. The van der Waals surface area contributed by atoms with E-state index in [1.807, 2.05) is 0 Å². The highest BCUT2D eigenvalue weighted by molar-refractivity contribution is 7.92. The molecule has 0 bridgehead atoms. The van der Waals surface area contributed by atoms with Gasteiger partial charge in [-0.2, -0.15) is 4.39 Å². The highest BCUT2D eigenvalue weighted by Gasteiger charge is 2.32. The normalized spacial score (nSPS) is 14.3. The Kier molecular flexibility index (Phi) is 5.60. The summed E-state index contributed by atoms with van der Waals surface area (Å²) in [5.41, 5.74) is 0.584. The van der Waals surface area contributed by atoms with E-state index in [1.54, 1.807) is 0 Å². The quantitative estimate of drug-likeness (QED) is 0.504. The van der Waals surface area contributed by atoms with Gasteiger partial charge in [0.1, 0.15) is 0 Å². The Labute approximate surface area is 188 Å². The second-order valence-corrected chi connectivity index (χ2v) is 12.2. The van der Waals surface area contributed by atoms with E-state index in [0.717, 1.165) is 36.5 Å². The van der Waals surface area contributed by atoms with E-state index in [-0.39, 0.29) is 27.0 Å². The Morgan fingerprint density at radius 2 is 1.78 bits per heavy atom. The molecule has 32 heavy (non-hydrogen) atoms. The van der Waals surface area contributed by atoms with E-state index in [0.29, 0.717) is 16.0 Å². The highest BCUT2D eigenvalue weighted by Crippen LogP contribution is 2.44. The molecule has 168 valence electrons. The number of hydrogen-bond donors (Lipinski definition) is 2. The molecule has 1 aromatic heterocycles. The standard InChI is InChI=1S/C21H18FNO6S3/c1-31(26,27)14-5-7-16(18-8-9-20(22)30-18)17(11-14)23-32(28,29)19-10-13(21(24)25)4-6-15(19)12-2-3-12/h4-12,23H,2-3H2,1H3,(H,24,25). The van der Waals surface area contributed by atoms with Crippen molar-refractivity contribution in [3.8, 4) is 10.4 Å². The molecule has 7 nitrogen and oxygen atoms in total. The summed E-state index contributed by atoms with van der Waals surface area (Å²) in [6, 6.07) is 10.6. The van der Waals surface area contributed by atoms with E-state index in [4.69, 9.17) is 0 Å². The molecule has 0 atom stereocenters.